The monoisotopic (exact) mass is 422 g/mol. The average Bonchev–Trinajstić information content (AvgIpc) is 2.79. The molecule has 4 rings (SSSR count). The summed E-state index contributed by atoms with van der Waals surface area (Å²) in [6.45, 7) is 4.09. The molecule has 2 fully saturated rings. The SMILES string of the molecule is CN(c1ccnc(N2CCOCC2)n1)C1CCCN(c2cccc(C(F)(F)F)n2)C1. The Morgan fingerprint density at radius 2 is 1.87 bits per heavy atom. The first-order valence-electron chi connectivity index (χ1n) is 10.1. The lowest BCUT2D eigenvalue weighted by molar-refractivity contribution is -0.141. The van der Waals surface area contributed by atoms with E-state index >= 15 is 0 Å². The molecule has 1 unspecified atom stereocenters. The van der Waals surface area contributed by atoms with E-state index in [1.807, 2.05) is 18.0 Å². The molecule has 2 aliphatic rings. The number of pyridine rings is 1. The van der Waals surface area contributed by atoms with Gasteiger partial charge in [-0.25, -0.2) is 9.97 Å². The van der Waals surface area contributed by atoms with Gasteiger partial charge in [0, 0.05) is 45.5 Å². The molecule has 0 saturated carbocycles. The fourth-order valence-corrected chi connectivity index (χ4v) is 3.87. The van der Waals surface area contributed by atoms with Crippen molar-refractivity contribution in [1.29, 1.82) is 0 Å². The van der Waals surface area contributed by atoms with Crippen LogP contribution in [-0.4, -0.2) is 67.4 Å². The number of hydrogen-bond donors (Lipinski definition) is 0. The Morgan fingerprint density at radius 1 is 1.07 bits per heavy atom. The molecule has 0 radical (unpaired) electrons. The Hall–Kier alpha value is -2.62. The fourth-order valence-electron chi connectivity index (χ4n) is 3.87. The average molecular weight is 422 g/mol. The van der Waals surface area contributed by atoms with Crippen LogP contribution in [0.1, 0.15) is 18.5 Å². The van der Waals surface area contributed by atoms with Gasteiger partial charge in [0.25, 0.3) is 0 Å². The molecular formula is C20H25F3N6O. The highest BCUT2D eigenvalue weighted by atomic mass is 19.4. The number of ether oxygens (including phenoxy) is 1. The van der Waals surface area contributed by atoms with Crippen molar-refractivity contribution in [2.24, 2.45) is 0 Å². The summed E-state index contributed by atoms with van der Waals surface area (Å²) in [5.41, 5.74) is -0.860. The number of rotatable bonds is 4. The molecule has 0 N–H and O–H groups in total. The highest BCUT2D eigenvalue weighted by molar-refractivity contribution is 5.46. The first-order valence-corrected chi connectivity index (χ1v) is 10.1. The van der Waals surface area contributed by atoms with Gasteiger partial charge in [0.15, 0.2) is 0 Å². The van der Waals surface area contributed by atoms with Crippen molar-refractivity contribution < 1.29 is 17.9 Å². The number of aromatic nitrogens is 3. The summed E-state index contributed by atoms with van der Waals surface area (Å²) >= 11 is 0. The Kier molecular flexibility index (Phi) is 5.94. The fraction of sp³-hybridized carbons (Fsp3) is 0.550. The van der Waals surface area contributed by atoms with Gasteiger partial charge >= 0.3 is 6.18 Å². The highest BCUT2D eigenvalue weighted by Crippen LogP contribution is 2.30. The van der Waals surface area contributed by atoms with E-state index in [0.29, 0.717) is 38.1 Å². The van der Waals surface area contributed by atoms with Gasteiger partial charge in [-0.15, -0.1) is 0 Å². The summed E-state index contributed by atoms with van der Waals surface area (Å²) in [7, 11) is 1.97. The van der Waals surface area contributed by atoms with Crippen LogP contribution in [0.15, 0.2) is 30.5 Å². The van der Waals surface area contributed by atoms with Crippen LogP contribution in [0.4, 0.5) is 30.8 Å². The lowest BCUT2D eigenvalue weighted by atomic mass is 10.0. The van der Waals surface area contributed by atoms with Crippen molar-refractivity contribution in [3.63, 3.8) is 0 Å². The maximum absolute atomic E-state index is 13.0. The highest BCUT2D eigenvalue weighted by Gasteiger charge is 2.33. The van der Waals surface area contributed by atoms with Gasteiger partial charge in [-0.05, 0) is 31.0 Å². The molecule has 162 valence electrons. The maximum atomic E-state index is 13.0. The Bertz CT molecular complexity index is 858. The smallest absolute Gasteiger partial charge is 0.378 e. The summed E-state index contributed by atoms with van der Waals surface area (Å²) in [5.74, 6) is 1.84. The Morgan fingerprint density at radius 3 is 2.63 bits per heavy atom. The predicted octanol–water partition coefficient (Wildman–Crippen LogP) is 2.83. The van der Waals surface area contributed by atoms with Crippen LogP contribution in [0.25, 0.3) is 0 Å². The van der Waals surface area contributed by atoms with E-state index in [9.17, 15) is 13.2 Å². The van der Waals surface area contributed by atoms with E-state index in [1.165, 1.54) is 6.07 Å². The molecule has 0 spiro atoms. The van der Waals surface area contributed by atoms with Crippen LogP contribution >= 0.6 is 0 Å². The number of morpholine rings is 1. The number of anilines is 3. The second-order valence-electron chi connectivity index (χ2n) is 7.55. The maximum Gasteiger partial charge on any atom is 0.433 e. The van der Waals surface area contributed by atoms with Crippen molar-refractivity contribution in [3.8, 4) is 0 Å². The minimum atomic E-state index is -4.45. The van der Waals surface area contributed by atoms with E-state index in [4.69, 9.17) is 9.72 Å². The third kappa shape index (κ3) is 4.58. The lowest BCUT2D eigenvalue weighted by Gasteiger charge is -2.39. The zero-order chi connectivity index (χ0) is 21.1. The standard InChI is InChI=1S/C20H25F3N6O/c1-27(17-7-8-24-19(26-17)28-10-12-30-13-11-28)15-4-3-9-29(14-15)18-6-2-5-16(25-18)20(21,22)23/h2,5-8,15H,3-4,9-14H2,1H3. The first kappa shape index (κ1) is 20.6. The van der Waals surface area contributed by atoms with Crippen LogP contribution in [0.5, 0.6) is 0 Å². The topological polar surface area (TPSA) is 57.6 Å². The number of alkyl halides is 3. The van der Waals surface area contributed by atoms with Gasteiger partial charge in [-0.2, -0.15) is 18.2 Å². The van der Waals surface area contributed by atoms with E-state index in [1.54, 1.807) is 12.3 Å². The second kappa shape index (κ2) is 8.63. The normalized spacial score (nSPS) is 20.3. The molecule has 2 aromatic rings. The molecule has 2 aromatic heterocycles. The summed E-state index contributed by atoms with van der Waals surface area (Å²) in [6.07, 6.45) is -0.894. The molecule has 4 heterocycles. The molecule has 7 nitrogen and oxygen atoms in total. The third-order valence-corrected chi connectivity index (χ3v) is 5.58. The zero-order valence-corrected chi connectivity index (χ0v) is 16.8. The summed E-state index contributed by atoms with van der Waals surface area (Å²) in [5, 5.41) is 0. The predicted molar refractivity (Wildman–Crippen MR) is 108 cm³/mol. The van der Waals surface area contributed by atoms with E-state index in [2.05, 4.69) is 19.8 Å². The molecule has 10 heteroatoms. The van der Waals surface area contributed by atoms with Gasteiger partial charge in [-0.3, -0.25) is 0 Å². The van der Waals surface area contributed by atoms with Gasteiger partial charge in [-0.1, -0.05) is 6.07 Å². The van der Waals surface area contributed by atoms with Crippen molar-refractivity contribution in [2.75, 3.05) is 61.1 Å². The van der Waals surface area contributed by atoms with Crippen LogP contribution in [-0.2, 0) is 10.9 Å². The number of piperidine rings is 1. The molecule has 0 amide bonds. The molecular weight excluding hydrogens is 397 g/mol. The first-order chi connectivity index (χ1) is 14.4. The number of likely N-dealkylation sites (N-methyl/N-ethyl adjacent to an activating group) is 1. The van der Waals surface area contributed by atoms with E-state index in [0.717, 1.165) is 37.8 Å². The van der Waals surface area contributed by atoms with Gasteiger partial charge in [0.05, 0.1) is 13.2 Å². The molecule has 0 aliphatic carbocycles. The van der Waals surface area contributed by atoms with Crippen molar-refractivity contribution in [1.82, 2.24) is 15.0 Å². The second-order valence-corrected chi connectivity index (χ2v) is 7.55. The van der Waals surface area contributed by atoms with Gasteiger partial charge in [0.1, 0.15) is 17.3 Å². The van der Waals surface area contributed by atoms with Crippen LogP contribution in [0, 0.1) is 0 Å². The summed E-state index contributed by atoms with van der Waals surface area (Å²) in [4.78, 5) is 19.1. The minimum Gasteiger partial charge on any atom is -0.378 e. The van der Waals surface area contributed by atoms with Crippen LogP contribution in [0.3, 0.4) is 0 Å². The molecule has 2 aliphatic heterocycles. The minimum absolute atomic E-state index is 0.113. The van der Waals surface area contributed by atoms with E-state index in [-0.39, 0.29) is 6.04 Å². The van der Waals surface area contributed by atoms with Gasteiger partial charge < -0.3 is 19.4 Å². The number of halogens is 3. The molecule has 30 heavy (non-hydrogen) atoms. The number of nitrogens with zero attached hydrogens (tertiary/aromatic N) is 6. The largest absolute Gasteiger partial charge is 0.433 e. The van der Waals surface area contributed by atoms with Crippen molar-refractivity contribution >= 4 is 17.6 Å². The third-order valence-electron chi connectivity index (χ3n) is 5.58. The quantitative estimate of drug-likeness (QED) is 0.751. The van der Waals surface area contributed by atoms with Crippen molar-refractivity contribution in [3.05, 3.63) is 36.2 Å². The molecule has 1 atom stereocenters. The van der Waals surface area contributed by atoms with E-state index < -0.39 is 11.9 Å². The summed E-state index contributed by atoms with van der Waals surface area (Å²) in [6, 6.07) is 6.04. The lowest BCUT2D eigenvalue weighted by Crippen LogP contribution is -2.47. The Labute approximate surface area is 173 Å². The summed E-state index contributed by atoms with van der Waals surface area (Å²) < 4.78 is 44.5. The van der Waals surface area contributed by atoms with Crippen LogP contribution < -0.4 is 14.7 Å². The number of hydrogen-bond acceptors (Lipinski definition) is 7. The van der Waals surface area contributed by atoms with Crippen molar-refractivity contribution in [2.45, 2.75) is 25.1 Å². The molecule has 0 bridgehead atoms. The van der Waals surface area contributed by atoms with Gasteiger partial charge in [0.2, 0.25) is 5.95 Å². The zero-order valence-electron chi connectivity index (χ0n) is 16.8. The van der Waals surface area contributed by atoms with Crippen LogP contribution in [0.2, 0.25) is 0 Å². The Balaban J connectivity index is 1.48. The molecule has 0 aromatic carbocycles. The molecule has 2 saturated heterocycles.